The van der Waals surface area contributed by atoms with Crippen molar-refractivity contribution in [1.29, 1.82) is 0 Å². The number of aliphatic hydroxyl groups excluding tert-OH is 1. The van der Waals surface area contributed by atoms with Crippen LogP contribution in [0.15, 0.2) is 11.6 Å². The van der Waals surface area contributed by atoms with Gasteiger partial charge in [-0.05, 0) is 98.1 Å². The highest BCUT2D eigenvalue weighted by Crippen LogP contribution is 2.65. The average molecular weight is 405 g/mol. The molecule has 0 aromatic carbocycles. The van der Waals surface area contributed by atoms with Crippen LogP contribution in [-0.2, 0) is 4.43 Å². The molecule has 4 rings (SSSR count). The molecule has 4 aliphatic carbocycles. The van der Waals surface area contributed by atoms with Crippen LogP contribution in [0.4, 0.5) is 0 Å². The zero-order chi connectivity index (χ0) is 20.2. The van der Waals surface area contributed by atoms with E-state index in [1.165, 1.54) is 63.1 Å². The molecule has 4 aliphatic rings. The van der Waals surface area contributed by atoms with E-state index in [2.05, 4.69) is 40.7 Å². The van der Waals surface area contributed by atoms with E-state index in [1.807, 2.05) is 0 Å². The third-order valence-electron chi connectivity index (χ3n) is 10.4. The van der Waals surface area contributed by atoms with E-state index < -0.39 is 8.32 Å². The molecule has 0 spiro atoms. The first-order valence-electron chi connectivity index (χ1n) is 12.4. The molecule has 28 heavy (non-hydrogen) atoms. The molecule has 1 N–H and O–H groups in total. The summed E-state index contributed by atoms with van der Waals surface area (Å²) in [5.41, 5.74) is 2.32. The van der Waals surface area contributed by atoms with Gasteiger partial charge in [-0.1, -0.05) is 46.3 Å². The van der Waals surface area contributed by atoms with Gasteiger partial charge in [0.15, 0.2) is 8.32 Å². The fourth-order valence-electron chi connectivity index (χ4n) is 8.05. The zero-order valence-corrected chi connectivity index (χ0v) is 20.1. The van der Waals surface area contributed by atoms with Crippen LogP contribution in [0.2, 0.25) is 18.1 Å². The maximum absolute atomic E-state index is 10.7. The highest BCUT2D eigenvalue weighted by atomic mass is 28.4. The van der Waals surface area contributed by atoms with E-state index in [0.717, 1.165) is 24.2 Å². The fourth-order valence-corrected chi connectivity index (χ4v) is 11.0. The topological polar surface area (TPSA) is 29.5 Å². The van der Waals surface area contributed by atoms with Crippen molar-refractivity contribution >= 4 is 8.32 Å². The Hall–Kier alpha value is -0.123. The molecule has 0 amide bonds. The lowest BCUT2D eigenvalue weighted by Gasteiger charge is -2.58. The minimum atomic E-state index is -1.51. The van der Waals surface area contributed by atoms with Gasteiger partial charge in [0.05, 0.1) is 6.10 Å². The number of hydrogen-bond donors (Lipinski definition) is 1. The second-order valence-corrected chi connectivity index (χ2v) is 15.8. The van der Waals surface area contributed by atoms with Crippen LogP contribution in [0.5, 0.6) is 0 Å². The predicted octanol–water partition coefficient (Wildman–Crippen LogP) is 6.70. The summed E-state index contributed by atoms with van der Waals surface area (Å²) in [5, 5.41) is 10.7. The molecule has 0 aromatic rings. The Kier molecular flexibility index (Phi) is 5.68. The van der Waals surface area contributed by atoms with E-state index in [0.29, 0.717) is 11.5 Å². The smallest absolute Gasteiger partial charge is 0.192 e. The third-order valence-corrected chi connectivity index (χ3v) is 15.1. The minimum absolute atomic E-state index is 0.0593. The summed E-state index contributed by atoms with van der Waals surface area (Å²) in [6, 6.07) is 3.79. The van der Waals surface area contributed by atoms with Gasteiger partial charge in [-0.25, -0.2) is 0 Å². The van der Waals surface area contributed by atoms with Gasteiger partial charge in [-0.3, -0.25) is 0 Å². The van der Waals surface area contributed by atoms with Crippen LogP contribution in [0.1, 0.15) is 86.0 Å². The van der Waals surface area contributed by atoms with Crippen molar-refractivity contribution in [3.63, 3.8) is 0 Å². The largest absolute Gasteiger partial charge is 0.414 e. The molecule has 0 heterocycles. The van der Waals surface area contributed by atoms with E-state index in [-0.39, 0.29) is 11.5 Å². The van der Waals surface area contributed by atoms with Crippen molar-refractivity contribution in [3.05, 3.63) is 11.6 Å². The number of hydrogen-bond acceptors (Lipinski definition) is 2. The Morgan fingerprint density at radius 3 is 2.39 bits per heavy atom. The molecular weight excluding hydrogens is 360 g/mol. The summed E-state index contributed by atoms with van der Waals surface area (Å²) in [7, 11) is -1.51. The van der Waals surface area contributed by atoms with Crippen molar-refractivity contribution in [1.82, 2.24) is 0 Å². The normalized spacial score (nSPS) is 45.8. The van der Waals surface area contributed by atoms with Crippen LogP contribution >= 0.6 is 0 Å². The van der Waals surface area contributed by atoms with Gasteiger partial charge < -0.3 is 9.53 Å². The van der Waals surface area contributed by atoms with Crippen LogP contribution in [0.3, 0.4) is 0 Å². The second-order valence-electron chi connectivity index (χ2n) is 11.1. The Balaban J connectivity index is 1.52. The third kappa shape index (κ3) is 3.10. The monoisotopic (exact) mass is 404 g/mol. The summed E-state index contributed by atoms with van der Waals surface area (Å²) in [5.74, 6) is 2.38. The Morgan fingerprint density at radius 1 is 1.00 bits per heavy atom. The van der Waals surface area contributed by atoms with E-state index >= 15 is 0 Å². The SMILES string of the molecule is CC[Si](CC)(CC)O[C@H]1CC[C@@]2(C)C(=CC[C@H]3[C@@H]4CC[C@H](O)[C@@]4(C)CC[C@@H]32)C1. The van der Waals surface area contributed by atoms with E-state index in [1.54, 1.807) is 5.57 Å². The van der Waals surface area contributed by atoms with Gasteiger partial charge >= 0.3 is 0 Å². The molecule has 0 bridgehead atoms. The number of aliphatic hydroxyl groups is 1. The maximum Gasteiger partial charge on any atom is 0.192 e. The molecule has 160 valence electrons. The number of rotatable bonds is 5. The van der Waals surface area contributed by atoms with Gasteiger partial charge in [0.1, 0.15) is 0 Å². The first kappa shape index (κ1) is 21.1. The first-order valence-corrected chi connectivity index (χ1v) is 14.9. The zero-order valence-electron chi connectivity index (χ0n) is 19.1. The summed E-state index contributed by atoms with van der Waals surface area (Å²) < 4.78 is 6.92. The summed E-state index contributed by atoms with van der Waals surface area (Å²) in [4.78, 5) is 0. The first-order chi connectivity index (χ1) is 13.3. The molecule has 0 aliphatic heterocycles. The summed E-state index contributed by atoms with van der Waals surface area (Å²) in [6.45, 7) is 12.0. The van der Waals surface area contributed by atoms with Crippen LogP contribution in [0, 0.1) is 28.6 Å². The van der Waals surface area contributed by atoms with E-state index in [9.17, 15) is 5.11 Å². The maximum atomic E-state index is 10.7. The summed E-state index contributed by atoms with van der Waals surface area (Å²) >= 11 is 0. The predicted molar refractivity (Wildman–Crippen MR) is 120 cm³/mol. The Labute approximate surface area is 174 Å². The molecule has 3 fully saturated rings. The summed E-state index contributed by atoms with van der Waals surface area (Å²) in [6.07, 6.45) is 12.9. The molecular formula is C25H44O2Si. The van der Waals surface area contributed by atoms with Crippen molar-refractivity contribution < 1.29 is 9.53 Å². The van der Waals surface area contributed by atoms with Crippen LogP contribution in [0.25, 0.3) is 0 Å². The average Bonchev–Trinajstić information content (AvgIpc) is 3.01. The van der Waals surface area contributed by atoms with E-state index in [4.69, 9.17) is 4.43 Å². The van der Waals surface area contributed by atoms with Gasteiger partial charge in [0.2, 0.25) is 0 Å². The van der Waals surface area contributed by atoms with Gasteiger partial charge in [0.25, 0.3) is 0 Å². The standard InChI is InChI=1S/C25H44O2Si/c1-6-28(7-2,8-3)27-19-13-15-24(4)18(17-19)9-10-20-21-11-12-23(26)25(21,5)16-14-22(20)24/h9,19-23,26H,6-8,10-17H2,1-5H3/t19-,20-,21-,22-,23-,24-,25-/m0/s1. The molecule has 0 saturated heterocycles. The van der Waals surface area contributed by atoms with Crippen molar-refractivity contribution in [2.24, 2.45) is 28.6 Å². The molecule has 7 atom stereocenters. The molecule has 3 saturated carbocycles. The highest BCUT2D eigenvalue weighted by molar-refractivity contribution is 6.73. The number of fused-ring (bicyclic) bond motifs is 5. The molecule has 2 nitrogen and oxygen atoms in total. The quantitative estimate of drug-likeness (QED) is 0.408. The van der Waals surface area contributed by atoms with Gasteiger partial charge in [0, 0.05) is 6.10 Å². The lowest BCUT2D eigenvalue weighted by atomic mass is 9.48. The van der Waals surface area contributed by atoms with Gasteiger partial charge in [-0.2, -0.15) is 0 Å². The Bertz CT molecular complexity index is 603. The minimum Gasteiger partial charge on any atom is -0.414 e. The Morgan fingerprint density at radius 2 is 1.71 bits per heavy atom. The molecule has 0 unspecified atom stereocenters. The lowest BCUT2D eigenvalue weighted by molar-refractivity contribution is -0.0706. The molecule has 0 aromatic heterocycles. The second kappa shape index (κ2) is 7.53. The molecule has 3 heteroatoms. The highest BCUT2D eigenvalue weighted by Gasteiger charge is 2.58. The van der Waals surface area contributed by atoms with Crippen LogP contribution < -0.4 is 0 Å². The lowest BCUT2D eigenvalue weighted by Crippen LogP contribution is -2.52. The number of allylic oxidation sites excluding steroid dienone is 1. The van der Waals surface area contributed by atoms with Crippen molar-refractivity contribution in [2.45, 2.75) is 116 Å². The van der Waals surface area contributed by atoms with Crippen molar-refractivity contribution in [3.8, 4) is 0 Å². The van der Waals surface area contributed by atoms with Crippen LogP contribution in [-0.4, -0.2) is 25.6 Å². The van der Waals surface area contributed by atoms with Crippen molar-refractivity contribution in [2.75, 3.05) is 0 Å². The molecule has 0 radical (unpaired) electrons. The fraction of sp³-hybridized carbons (Fsp3) is 0.920. The van der Waals surface area contributed by atoms with Gasteiger partial charge in [-0.15, -0.1) is 0 Å².